The van der Waals surface area contributed by atoms with Crippen LogP contribution in [0.4, 0.5) is 0 Å². The van der Waals surface area contributed by atoms with Crippen LogP contribution in [0.25, 0.3) is 0 Å². The van der Waals surface area contributed by atoms with Gasteiger partial charge in [-0.15, -0.1) is 6.58 Å². The van der Waals surface area contributed by atoms with Crippen LogP contribution in [0.3, 0.4) is 0 Å². The first-order valence-electron chi connectivity index (χ1n) is 3.14. The highest BCUT2D eigenvalue weighted by atomic mass is 16.5. The molecule has 1 aliphatic rings. The first-order valence-corrected chi connectivity index (χ1v) is 3.14. The van der Waals surface area contributed by atoms with Gasteiger partial charge in [0.2, 0.25) is 0 Å². The molecule has 0 aromatic rings. The van der Waals surface area contributed by atoms with Crippen molar-refractivity contribution in [3.8, 4) is 0 Å². The molecule has 0 spiro atoms. The SMILES string of the molecule is C=C[C@H]1CCCOC1. The van der Waals surface area contributed by atoms with Crippen LogP contribution >= 0.6 is 0 Å². The van der Waals surface area contributed by atoms with Crippen molar-refractivity contribution in [2.75, 3.05) is 13.2 Å². The van der Waals surface area contributed by atoms with E-state index < -0.39 is 0 Å². The van der Waals surface area contributed by atoms with Gasteiger partial charge in [-0.25, -0.2) is 0 Å². The molecule has 1 saturated heterocycles. The van der Waals surface area contributed by atoms with Crippen molar-refractivity contribution in [1.82, 2.24) is 0 Å². The van der Waals surface area contributed by atoms with E-state index in [2.05, 4.69) is 6.58 Å². The molecule has 0 aliphatic carbocycles. The van der Waals surface area contributed by atoms with Crippen molar-refractivity contribution in [2.45, 2.75) is 12.8 Å². The van der Waals surface area contributed by atoms with Crippen LogP contribution in [-0.2, 0) is 4.74 Å². The zero-order valence-electron chi connectivity index (χ0n) is 5.10. The van der Waals surface area contributed by atoms with Gasteiger partial charge in [0.05, 0.1) is 6.61 Å². The fourth-order valence-electron chi connectivity index (χ4n) is 0.952. The number of hydrogen-bond donors (Lipinski definition) is 0. The Kier molecular flexibility index (Phi) is 2.10. The summed E-state index contributed by atoms with van der Waals surface area (Å²) in [6.07, 6.45) is 4.46. The van der Waals surface area contributed by atoms with Gasteiger partial charge in [0.25, 0.3) is 0 Å². The Labute approximate surface area is 50.3 Å². The summed E-state index contributed by atoms with van der Waals surface area (Å²) in [7, 11) is 0. The van der Waals surface area contributed by atoms with E-state index >= 15 is 0 Å². The van der Waals surface area contributed by atoms with Crippen LogP contribution < -0.4 is 0 Å². The summed E-state index contributed by atoms with van der Waals surface area (Å²) in [5, 5.41) is 0. The lowest BCUT2D eigenvalue weighted by Crippen LogP contribution is -2.14. The van der Waals surface area contributed by atoms with Crippen LogP contribution in [0.15, 0.2) is 12.7 Å². The zero-order valence-corrected chi connectivity index (χ0v) is 5.10. The molecule has 0 aromatic heterocycles. The minimum Gasteiger partial charge on any atom is -0.381 e. The highest BCUT2D eigenvalue weighted by molar-refractivity contribution is 4.80. The second-order valence-corrected chi connectivity index (χ2v) is 2.21. The molecular weight excluding hydrogens is 100 g/mol. The normalized spacial score (nSPS) is 29.8. The van der Waals surface area contributed by atoms with Gasteiger partial charge < -0.3 is 4.74 Å². The summed E-state index contributed by atoms with van der Waals surface area (Å²) >= 11 is 0. The molecule has 1 heteroatoms. The fourth-order valence-corrected chi connectivity index (χ4v) is 0.952. The van der Waals surface area contributed by atoms with E-state index in [1.54, 1.807) is 0 Å². The molecule has 0 N–H and O–H groups in total. The van der Waals surface area contributed by atoms with E-state index in [1.807, 2.05) is 6.08 Å². The molecule has 8 heavy (non-hydrogen) atoms. The van der Waals surface area contributed by atoms with Gasteiger partial charge in [0.15, 0.2) is 0 Å². The van der Waals surface area contributed by atoms with Gasteiger partial charge >= 0.3 is 0 Å². The van der Waals surface area contributed by atoms with Crippen LogP contribution in [0.1, 0.15) is 12.8 Å². The molecular formula is C7H12O. The molecule has 0 radical (unpaired) electrons. The Hall–Kier alpha value is -0.300. The average Bonchev–Trinajstić information content (AvgIpc) is 1.90. The van der Waals surface area contributed by atoms with Crippen molar-refractivity contribution < 1.29 is 4.74 Å². The number of ether oxygens (including phenoxy) is 1. The molecule has 0 bridgehead atoms. The molecule has 1 rings (SSSR count). The standard InChI is InChI=1S/C7H12O/c1-2-7-4-3-5-8-6-7/h2,7H,1,3-6H2/t7-/m0/s1. The van der Waals surface area contributed by atoms with E-state index in [0.29, 0.717) is 5.92 Å². The van der Waals surface area contributed by atoms with Gasteiger partial charge in [-0.1, -0.05) is 6.08 Å². The maximum absolute atomic E-state index is 5.20. The van der Waals surface area contributed by atoms with Gasteiger partial charge in [-0.05, 0) is 12.8 Å². The van der Waals surface area contributed by atoms with Crippen molar-refractivity contribution in [3.63, 3.8) is 0 Å². The zero-order chi connectivity index (χ0) is 5.82. The van der Waals surface area contributed by atoms with Crippen LogP contribution in [-0.4, -0.2) is 13.2 Å². The van der Waals surface area contributed by atoms with E-state index in [4.69, 9.17) is 4.74 Å². The summed E-state index contributed by atoms with van der Waals surface area (Å²) in [5.41, 5.74) is 0. The minimum atomic E-state index is 0.628. The third-order valence-electron chi connectivity index (χ3n) is 1.53. The summed E-state index contributed by atoms with van der Waals surface area (Å²) in [5.74, 6) is 0.628. The third-order valence-corrected chi connectivity index (χ3v) is 1.53. The highest BCUT2D eigenvalue weighted by Gasteiger charge is 2.08. The Morgan fingerprint density at radius 2 is 2.50 bits per heavy atom. The third kappa shape index (κ3) is 1.34. The maximum atomic E-state index is 5.20. The molecule has 0 unspecified atom stereocenters. The molecule has 1 aliphatic heterocycles. The Morgan fingerprint density at radius 3 is 2.88 bits per heavy atom. The monoisotopic (exact) mass is 112 g/mol. The number of rotatable bonds is 1. The van der Waals surface area contributed by atoms with Crippen molar-refractivity contribution in [1.29, 1.82) is 0 Å². The van der Waals surface area contributed by atoms with Crippen molar-refractivity contribution in [3.05, 3.63) is 12.7 Å². The van der Waals surface area contributed by atoms with E-state index in [9.17, 15) is 0 Å². The summed E-state index contributed by atoms with van der Waals surface area (Å²) in [4.78, 5) is 0. The smallest absolute Gasteiger partial charge is 0.0528 e. The predicted molar refractivity (Wildman–Crippen MR) is 33.7 cm³/mol. The molecule has 1 nitrogen and oxygen atoms in total. The average molecular weight is 112 g/mol. The lowest BCUT2D eigenvalue weighted by molar-refractivity contribution is 0.0711. The first kappa shape index (κ1) is 5.83. The second-order valence-electron chi connectivity index (χ2n) is 2.21. The Balaban J connectivity index is 2.22. The van der Waals surface area contributed by atoms with E-state index in [-0.39, 0.29) is 0 Å². The molecule has 0 saturated carbocycles. The molecule has 1 fully saturated rings. The van der Waals surface area contributed by atoms with Gasteiger partial charge in [-0.3, -0.25) is 0 Å². The van der Waals surface area contributed by atoms with Crippen molar-refractivity contribution in [2.24, 2.45) is 5.92 Å². The lowest BCUT2D eigenvalue weighted by Gasteiger charge is -2.17. The highest BCUT2D eigenvalue weighted by Crippen LogP contribution is 2.13. The van der Waals surface area contributed by atoms with Gasteiger partial charge in [-0.2, -0.15) is 0 Å². The summed E-state index contributed by atoms with van der Waals surface area (Å²) in [6.45, 7) is 5.55. The maximum Gasteiger partial charge on any atom is 0.0528 e. The largest absolute Gasteiger partial charge is 0.381 e. The van der Waals surface area contributed by atoms with Gasteiger partial charge in [0, 0.05) is 12.5 Å². The summed E-state index contributed by atoms with van der Waals surface area (Å²) in [6, 6.07) is 0. The van der Waals surface area contributed by atoms with Crippen LogP contribution in [0.5, 0.6) is 0 Å². The Morgan fingerprint density at radius 1 is 1.62 bits per heavy atom. The number of hydrogen-bond acceptors (Lipinski definition) is 1. The van der Waals surface area contributed by atoms with Crippen molar-refractivity contribution >= 4 is 0 Å². The van der Waals surface area contributed by atoms with Gasteiger partial charge in [0.1, 0.15) is 0 Å². The van der Waals surface area contributed by atoms with E-state index in [0.717, 1.165) is 13.2 Å². The minimum absolute atomic E-state index is 0.628. The van der Waals surface area contributed by atoms with Crippen LogP contribution in [0.2, 0.25) is 0 Å². The van der Waals surface area contributed by atoms with E-state index in [1.165, 1.54) is 12.8 Å². The quantitative estimate of drug-likeness (QED) is 0.468. The molecule has 46 valence electrons. The molecule has 0 aromatic carbocycles. The molecule has 1 atom stereocenters. The molecule has 0 amide bonds. The van der Waals surface area contributed by atoms with Crippen LogP contribution in [0, 0.1) is 5.92 Å². The second kappa shape index (κ2) is 2.88. The predicted octanol–water partition coefficient (Wildman–Crippen LogP) is 1.60. The summed E-state index contributed by atoms with van der Waals surface area (Å²) < 4.78 is 5.20. The lowest BCUT2D eigenvalue weighted by atomic mass is 10.0. The topological polar surface area (TPSA) is 9.23 Å². The molecule has 1 heterocycles. The first-order chi connectivity index (χ1) is 3.93. The fraction of sp³-hybridized carbons (Fsp3) is 0.714. The Bertz CT molecular complexity index is 72.5.